The first-order chi connectivity index (χ1) is 13.2. The van der Waals surface area contributed by atoms with Crippen molar-refractivity contribution >= 4 is 23.4 Å². The van der Waals surface area contributed by atoms with E-state index >= 15 is 0 Å². The third-order valence-electron chi connectivity index (χ3n) is 4.52. The number of aryl methyl sites for hydroxylation is 2. The molecule has 5 nitrogen and oxygen atoms in total. The van der Waals surface area contributed by atoms with Crippen LogP contribution in [0, 0.1) is 13.8 Å². The Morgan fingerprint density at radius 2 is 1.75 bits per heavy atom. The first-order valence-corrected chi connectivity index (χ1v) is 10.2. The fraction of sp³-hybridized carbons (Fsp3) is 0.318. The van der Waals surface area contributed by atoms with Crippen LogP contribution in [0.3, 0.4) is 0 Å². The van der Waals surface area contributed by atoms with Gasteiger partial charge in [0.1, 0.15) is 0 Å². The van der Waals surface area contributed by atoms with Gasteiger partial charge < -0.3 is 9.73 Å². The summed E-state index contributed by atoms with van der Waals surface area (Å²) in [5.74, 6) is 0.553. The van der Waals surface area contributed by atoms with Crippen molar-refractivity contribution < 1.29 is 9.21 Å². The highest BCUT2D eigenvalue weighted by molar-refractivity contribution is 7.99. The van der Waals surface area contributed by atoms with Gasteiger partial charge >= 0.3 is 0 Å². The van der Waals surface area contributed by atoms with Crippen molar-refractivity contribution in [3.63, 3.8) is 0 Å². The lowest BCUT2D eigenvalue weighted by Gasteiger charge is -2.18. The Morgan fingerprint density at radius 1 is 1.04 bits per heavy atom. The fourth-order valence-corrected chi connectivity index (χ4v) is 3.20. The number of nitrogens with zero attached hydrogens (tertiary/aromatic N) is 2. The second kappa shape index (κ2) is 8.19. The van der Waals surface area contributed by atoms with Gasteiger partial charge in [-0.1, -0.05) is 50.7 Å². The molecule has 0 aliphatic rings. The zero-order chi connectivity index (χ0) is 20.3. The van der Waals surface area contributed by atoms with Gasteiger partial charge in [-0.15, -0.1) is 10.2 Å². The van der Waals surface area contributed by atoms with Crippen LogP contribution in [0.15, 0.2) is 52.1 Å². The number of hydrogen-bond acceptors (Lipinski definition) is 5. The number of carbonyl (C=O) groups is 1. The Kier molecular flexibility index (Phi) is 5.89. The van der Waals surface area contributed by atoms with E-state index < -0.39 is 0 Å². The number of anilines is 1. The zero-order valence-electron chi connectivity index (χ0n) is 16.9. The van der Waals surface area contributed by atoms with E-state index in [1.165, 1.54) is 22.9 Å². The molecule has 0 aliphatic carbocycles. The van der Waals surface area contributed by atoms with E-state index in [0.29, 0.717) is 11.1 Å². The molecule has 28 heavy (non-hydrogen) atoms. The summed E-state index contributed by atoms with van der Waals surface area (Å²) in [6.07, 6.45) is 0. The minimum atomic E-state index is -0.109. The van der Waals surface area contributed by atoms with Crippen LogP contribution in [0.5, 0.6) is 0 Å². The minimum Gasteiger partial charge on any atom is -0.411 e. The third kappa shape index (κ3) is 5.01. The Hall–Kier alpha value is -2.60. The van der Waals surface area contributed by atoms with Crippen LogP contribution >= 0.6 is 11.8 Å². The molecule has 1 aromatic heterocycles. The van der Waals surface area contributed by atoms with Crippen LogP contribution in [0.1, 0.15) is 37.5 Å². The number of benzene rings is 2. The smallest absolute Gasteiger partial charge is 0.277 e. The van der Waals surface area contributed by atoms with Gasteiger partial charge in [0.2, 0.25) is 11.8 Å². The Bertz CT molecular complexity index is 972. The SMILES string of the molecule is Cc1ccc(NC(=O)CSc2nnc(-c3ccc(C(C)(C)C)cc3)o2)cc1C. The predicted molar refractivity (Wildman–Crippen MR) is 114 cm³/mol. The molecule has 0 aliphatic heterocycles. The summed E-state index contributed by atoms with van der Waals surface area (Å²) in [5, 5.41) is 11.4. The fourth-order valence-electron chi connectivity index (χ4n) is 2.64. The number of thioether (sulfide) groups is 1. The van der Waals surface area contributed by atoms with E-state index in [1.807, 2.05) is 44.2 Å². The van der Waals surface area contributed by atoms with Gasteiger partial charge in [-0.2, -0.15) is 0 Å². The van der Waals surface area contributed by atoms with E-state index in [4.69, 9.17) is 4.42 Å². The van der Waals surface area contributed by atoms with Crippen LogP contribution < -0.4 is 5.32 Å². The molecule has 2 aromatic carbocycles. The zero-order valence-corrected chi connectivity index (χ0v) is 17.7. The maximum atomic E-state index is 12.2. The maximum Gasteiger partial charge on any atom is 0.277 e. The van der Waals surface area contributed by atoms with Crippen molar-refractivity contribution in [1.82, 2.24) is 10.2 Å². The summed E-state index contributed by atoms with van der Waals surface area (Å²) in [6, 6.07) is 14.0. The molecule has 0 spiro atoms. The third-order valence-corrected chi connectivity index (χ3v) is 5.34. The van der Waals surface area contributed by atoms with Crippen molar-refractivity contribution in [3.05, 3.63) is 59.2 Å². The second-order valence-electron chi connectivity index (χ2n) is 7.84. The lowest BCUT2D eigenvalue weighted by Crippen LogP contribution is -2.14. The molecule has 6 heteroatoms. The minimum absolute atomic E-state index is 0.0950. The highest BCUT2D eigenvalue weighted by Crippen LogP contribution is 2.27. The molecule has 0 saturated carbocycles. The molecule has 0 atom stereocenters. The van der Waals surface area contributed by atoms with Crippen molar-refractivity contribution in [3.8, 4) is 11.5 Å². The molecule has 0 bridgehead atoms. The average molecular weight is 396 g/mol. The molecule has 0 unspecified atom stereocenters. The lowest BCUT2D eigenvalue weighted by atomic mass is 9.87. The van der Waals surface area contributed by atoms with Gasteiger partial charge in [-0.3, -0.25) is 4.79 Å². The molecule has 0 fully saturated rings. The number of rotatable bonds is 5. The highest BCUT2D eigenvalue weighted by atomic mass is 32.2. The van der Waals surface area contributed by atoms with Crippen molar-refractivity contribution in [2.75, 3.05) is 11.1 Å². The van der Waals surface area contributed by atoms with Gasteiger partial charge in [0.15, 0.2) is 0 Å². The van der Waals surface area contributed by atoms with Crippen LogP contribution in [-0.4, -0.2) is 21.9 Å². The van der Waals surface area contributed by atoms with Crippen LogP contribution in [0.25, 0.3) is 11.5 Å². The molecule has 3 aromatic rings. The van der Waals surface area contributed by atoms with Crippen LogP contribution in [0.4, 0.5) is 5.69 Å². The first kappa shape index (κ1) is 20.1. The summed E-state index contributed by atoms with van der Waals surface area (Å²) in [7, 11) is 0. The van der Waals surface area contributed by atoms with Gasteiger partial charge in [-0.25, -0.2) is 0 Å². The Balaban J connectivity index is 1.58. The lowest BCUT2D eigenvalue weighted by molar-refractivity contribution is -0.113. The Labute approximate surface area is 170 Å². The van der Waals surface area contributed by atoms with Crippen molar-refractivity contribution in [1.29, 1.82) is 0 Å². The highest BCUT2D eigenvalue weighted by Gasteiger charge is 2.15. The number of hydrogen-bond donors (Lipinski definition) is 1. The summed E-state index contributed by atoms with van der Waals surface area (Å²) in [5.41, 5.74) is 5.34. The van der Waals surface area contributed by atoms with Gasteiger partial charge in [0, 0.05) is 11.3 Å². The molecule has 146 valence electrons. The average Bonchev–Trinajstić information content (AvgIpc) is 3.12. The molecule has 0 saturated heterocycles. The summed E-state index contributed by atoms with van der Waals surface area (Å²) in [4.78, 5) is 12.2. The largest absolute Gasteiger partial charge is 0.411 e. The topological polar surface area (TPSA) is 68.0 Å². The van der Waals surface area contributed by atoms with Crippen LogP contribution in [-0.2, 0) is 10.2 Å². The summed E-state index contributed by atoms with van der Waals surface area (Å²) >= 11 is 1.23. The van der Waals surface area contributed by atoms with Crippen molar-refractivity contribution in [2.45, 2.75) is 45.3 Å². The predicted octanol–water partition coefficient (Wildman–Crippen LogP) is 5.38. The molecule has 1 heterocycles. The number of aromatic nitrogens is 2. The maximum absolute atomic E-state index is 12.2. The van der Waals surface area contributed by atoms with Gasteiger partial charge in [-0.05, 0) is 60.2 Å². The quantitative estimate of drug-likeness (QED) is 0.587. The molecular weight excluding hydrogens is 370 g/mol. The molecular formula is C22H25N3O2S. The van der Waals surface area contributed by atoms with E-state index in [0.717, 1.165) is 16.8 Å². The summed E-state index contributed by atoms with van der Waals surface area (Å²) in [6.45, 7) is 10.6. The first-order valence-electron chi connectivity index (χ1n) is 9.17. The summed E-state index contributed by atoms with van der Waals surface area (Å²) < 4.78 is 5.69. The monoisotopic (exact) mass is 395 g/mol. The molecule has 0 radical (unpaired) electrons. The van der Waals surface area contributed by atoms with E-state index in [2.05, 4.69) is 48.4 Å². The number of nitrogens with one attached hydrogen (secondary N) is 1. The molecule has 3 rings (SSSR count). The molecule has 1 amide bonds. The standard InChI is InChI=1S/C22H25N3O2S/c1-14-6-11-18(12-15(14)2)23-19(26)13-28-21-25-24-20(27-21)16-7-9-17(10-8-16)22(3,4)5/h6-12H,13H2,1-5H3,(H,23,26). The van der Waals surface area contributed by atoms with Gasteiger partial charge in [0.05, 0.1) is 5.75 Å². The Morgan fingerprint density at radius 3 is 2.39 bits per heavy atom. The van der Waals surface area contributed by atoms with E-state index in [1.54, 1.807) is 0 Å². The number of amides is 1. The van der Waals surface area contributed by atoms with Crippen LogP contribution in [0.2, 0.25) is 0 Å². The molecule has 1 N–H and O–H groups in total. The number of carbonyl (C=O) groups excluding carboxylic acids is 1. The normalized spacial score (nSPS) is 11.5. The van der Waals surface area contributed by atoms with Crippen molar-refractivity contribution in [2.24, 2.45) is 0 Å². The second-order valence-corrected chi connectivity index (χ2v) is 8.76. The van der Waals surface area contributed by atoms with Gasteiger partial charge in [0.25, 0.3) is 5.22 Å². The van der Waals surface area contributed by atoms with E-state index in [9.17, 15) is 4.79 Å². The van der Waals surface area contributed by atoms with E-state index in [-0.39, 0.29) is 17.1 Å².